The van der Waals surface area contributed by atoms with E-state index in [0.29, 0.717) is 6.42 Å². The number of aryl methyl sites for hydroxylation is 1. The summed E-state index contributed by atoms with van der Waals surface area (Å²) in [6, 6.07) is 5.81. The van der Waals surface area contributed by atoms with Gasteiger partial charge >= 0.3 is 0 Å². The van der Waals surface area contributed by atoms with Crippen LogP contribution in [0.4, 0.5) is 5.69 Å². The Morgan fingerprint density at radius 2 is 2.27 bits per heavy atom. The van der Waals surface area contributed by atoms with Gasteiger partial charge in [0.2, 0.25) is 5.91 Å². The van der Waals surface area contributed by atoms with E-state index in [0.717, 1.165) is 14.8 Å². The van der Waals surface area contributed by atoms with Crippen molar-refractivity contribution < 1.29 is 4.79 Å². The number of benzene rings is 1. The van der Waals surface area contributed by atoms with Gasteiger partial charge in [-0.2, -0.15) is 0 Å². The zero-order valence-electron chi connectivity index (χ0n) is 8.88. The van der Waals surface area contributed by atoms with Crippen molar-refractivity contribution in [1.29, 1.82) is 0 Å². The van der Waals surface area contributed by atoms with Gasteiger partial charge in [-0.05, 0) is 60.2 Å². The van der Waals surface area contributed by atoms with E-state index in [4.69, 9.17) is 5.73 Å². The number of hydrogen-bond acceptors (Lipinski definition) is 2. The van der Waals surface area contributed by atoms with Crippen LogP contribution in [-0.4, -0.2) is 11.9 Å². The molecule has 0 aromatic heterocycles. The van der Waals surface area contributed by atoms with Gasteiger partial charge in [-0.3, -0.25) is 4.79 Å². The van der Waals surface area contributed by atoms with Gasteiger partial charge in [0.05, 0.1) is 0 Å². The number of rotatable bonds is 3. The van der Waals surface area contributed by atoms with Crippen LogP contribution in [0.3, 0.4) is 0 Å². The molecule has 3 nitrogen and oxygen atoms in total. The maximum Gasteiger partial charge on any atom is 0.225 e. The number of amides is 1. The maximum absolute atomic E-state index is 11.5. The zero-order valence-corrected chi connectivity index (χ0v) is 11.0. The Balaban J connectivity index is 2.68. The number of carbonyl (C=O) groups is 1. The second-order valence-electron chi connectivity index (χ2n) is 3.69. The van der Waals surface area contributed by atoms with E-state index in [1.54, 1.807) is 0 Å². The highest BCUT2D eigenvalue weighted by atomic mass is 127. The molecule has 0 bridgehead atoms. The SMILES string of the molecule is Cc1cc(I)ccc1NC(=O)CC(C)N. The second-order valence-corrected chi connectivity index (χ2v) is 4.93. The van der Waals surface area contributed by atoms with Gasteiger partial charge in [-0.25, -0.2) is 0 Å². The Kier molecular flexibility index (Phi) is 4.53. The minimum absolute atomic E-state index is 0.0330. The smallest absolute Gasteiger partial charge is 0.225 e. The van der Waals surface area contributed by atoms with E-state index in [1.165, 1.54) is 0 Å². The van der Waals surface area contributed by atoms with Crippen LogP contribution in [0.2, 0.25) is 0 Å². The molecule has 3 N–H and O–H groups in total. The predicted molar refractivity (Wildman–Crippen MR) is 70.8 cm³/mol. The standard InChI is InChI=1S/C11H15IN2O/c1-7-5-9(12)3-4-10(7)14-11(15)6-8(2)13/h3-5,8H,6,13H2,1-2H3,(H,14,15). The average molecular weight is 318 g/mol. The molecule has 82 valence electrons. The van der Waals surface area contributed by atoms with Crippen molar-refractivity contribution in [3.05, 3.63) is 27.3 Å². The molecule has 0 spiro atoms. The molecule has 0 aliphatic rings. The molecular formula is C11H15IN2O. The number of carbonyl (C=O) groups excluding carboxylic acids is 1. The van der Waals surface area contributed by atoms with Crippen molar-refractivity contribution in [3.63, 3.8) is 0 Å². The molecule has 0 saturated carbocycles. The number of nitrogens with two attached hydrogens (primary N) is 1. The summed E-state index contributed by atoms with van der Waals surface area (Å²) in [5, 5.41) is 2.85. The zero-order chi connectivity index (χ0) is 11.4. The summed E-state index contributed by atoms with van der Waals surface area (Å²) in [4.78, 5) is 11.5. The molecule has 0 heterocycles. The van der Waals surface area contributed by atoms with Gasteiger partial charge in [0.15, 0.2) is 0 Å². The maximum atomic E-state index is 11.5. The molecule has 1 atom stereocenters. The first-order valence-electron chi connectivity index (χ1n) is 4.80. The lowest BCUT2D eigenvalue weighted by molar-refractivity contribution is -0.116. The Hall–Kier alpha value is -0.620. The highest BCUT2D eigenvalue weighted by Crippen LogP contribution is 2.17. The Labute approximate surface area is 104 Å². The van der Waals surface area contributed by atoms with Gasteiger partial charge in [-0.1, -0.05) is 0 Å². The molecule has 0 aliphatic carbocycles. The summed E-state index contributed by atoms with van der Waals surface area (Å²) in [5.41, 5.74) is 7.48. The average Bonchev–Trinajstić information content (AvgIpc) is 2.08. The molecule has 0 aliphatic heterocycles. The van der Waals surface area contributed by atoms with Gasteiger partial charge in [-0.15, -0.1) is 0 Å². The van der Waals surface area contributed by atoms with Crippen LogP contribution in [0.15, 0.2) is 18.2 Å². The van der Waals surface area contributed by atoms with Crippen LogP contribution in [0.5, 0.6) is 0 Å². The van der Waals surface area contributed by atoms with Crippen LogP contribution in [-0.2, 0) is 4.79 Å². The number of anilines is 1. The predicted octanol–water partition coefficient (Wildman–Crippen LogP) is 2.28. The van der Waals surface area contributed by atoms with E-state index in [9.17, 15) is 4.79 Å². The summed E-state index contributed by atoms with van der Waals surface area (Å²) < 4.78 is 1.16. The van der Waals surface area contributed by atoms with E-state index in [1.807, 2.05) is 32.0 Å². The molecule has 15 heavy (non-hydrogen) atoms. The van der Waals surface area contributed by atoms with Gasteiger partial charge in [0.25, 0.3) is 0 Å². The van der Waals surface area contributed by atoms with Crippen molar-refractivity contribution in [2.45, 2.75) is 26.3 Å². The molecule has 1 amide bonds. The Morgan fingerprint density at radius 1 is 1.60 bits per heavy atom. The van der Waals surface area contributed by atoms with E-state index in [2.05, 4.69) is 27.9 Å². The second kappa shape index (κ2) is 5.46. The fraction of sp³-hybridized carbons (Fsp3) is 0.364. The first kappa shape index (κ1) is 12.4. The summed E-state index contributed by atoms with van der Waals surface area (Å²) >= 11 is 2.24. The molecule has 0 radical (unpaired) electrons. The minimum atomic E-state index is -0.103. The third-order valence-corrected chi connectivity index (χ3v) is 2.64. The monoisotopic (exact) mass is 318 g/mol. The third-order valence-electron chi connectivity index (χ3n) is 1.97. The van der Waals surface area contributed by atoms with E-state index < -0.39 is 0 Å². The quantitative estimate of drug-likeness (QED) is 0.840. The van der Waals surface area contributed by atoms with Crippen molar-refractivity contribution in [2.75, 3.05) is 5.32 Å². The third kappa shape index (κ3) is 4.17. The van der Waals surface area contributed by atoms with Crippen LogP contribution in [0, 0.1) is 10.5 Å². The van der Waals surface area contributed by atoms with Crippen molar-refractivity contribution >= 4 is 34.2 Å². The van der Waals surface area contributed by atoms with Crippen molar-refractivity contribution in [1.82, 2.24) is 0 Å². The first-order valence-corrected chi connectivity index (χ1v) is 5.88. The lowest BCUT2D eigenvalue weighted by Gasteiger charge is -2.09. The number of hydrogen-bond donors (Lipinski definition) is 2. The molecule has 0 fully saturated rings. The fourth-order valence-electron chi connectivity index (χ4n) is 1.26. The van der Waals surface area contributed by atoms with Crippen molar-refractivity contribution in [2.24, 2.45) is 5.73 Å². The molecule has 0 saturated heterocycles. The lowest BCUT2D eigenvalue weighted by atomic mass is 10.2. The lowest BCUT2D eigenvalue weighted by Crippen LogP contribution is -2.24. The van der Waals surface area contributed by atoms with Crippen molar-refractivity contribution in [3.8, 4) is 0 Å². The van der Waals surface area contributed by atoms with E-state index >= 15 is 0 Å². The molecule has 4 heteroatoms. The summed E-state index contributed by atoms with van der Waals surface area (Å²) in [5.74, 6) is -0.0330. The summed E-state index contributed by atoms with van der Waals surface area (Å²) in [6.45, 7) is 3.80. The van der Waals surface area contributed by atoms with Crippen LogP contribution in [0.1, 0.15) is 18.9 Å². The fourth-order valence-corrected chi connectivity index (χ4v) is 1.91. The van der Waals surface area contributed by atoms with E-state index in [-0.39, 0.29) is 11.9 Å². The largest absolute Gasteiger partial charge is 0.327 e. The first-order chi connectivity index (χ1) is 6.99. The summed E-state index contributed by atoms with van der Waals surface area (Å²) in [7, 11) is 0. The molecule has 1 rings (SSSR count). The topological polar surface area (TPSA) is 55.1 Å². The van der Waals surface area contributed by atoms with Gasteiger partial charge in [0.1, 0.15) is 0 Å². The Bertz CT molecular complexity index is 364. The highest BCUT2D eigenvalue weighted by Gasteiger charge is 2.06. The van der Waals surface area contributed by atoms with Crippen LogP contribution < -0.4 is 11.1 Å². The normalized spacial score (nSPS) is 12.3. The van der Waals surface area contributed by atoms with Crippen LogP contribution >= 0.6 is 22.6 Å². The molecule has 1 aromatic carbocycles. The number of halogens is 1. The number of nitrogens with one attached hydrogen (secondary N) is 1. The summed E-state index contributed by atoms with van der Waals surface area (Å²) in [6.07, 6.45) is 0.353. The molecule has 1 aromatic rings. The highest BCUT2D eigenvalue weighted by molar-refractivity contribution is 14.1. The minimum Gasteiger partial charge on any atom is -0.327 e. The molecular weight excluding hydrogens is 303 g/mol. The molecule has 1 unspecified atom stereocenters. The van der Waals surface area contributed by atoms with Crippen LogP contribution in [0.25, 0.3) is 0 Å². The van der Waals surface area contributed by atoms with Gasteiger partial charge in [0, 0.05) is 21.7 Å². The van der Waals surface area contributed by atoms with Gasteiger partial charge < -0.3 is 11.1 Å². The Morgan fingerprint density at radius 3 is 2.80 bits per heavy atom.